The zero-order chi connectivity index (χ0) is 12.4. The van der Waals surface area contributed by atoms with Gasteiger partial charge in [0.05, 0.1) is 0 Å². The summed E-state index contributed by atoms with van der Waals surface area (Å²) in [4.78, 5) is 0. The van der Waals surface area contributed by atoms with Crippen molar-refractivity contribution in [1.82, 2.24) is 5.32 Å². The van der Waals surface area contributed by atoms with Crippen LogP contribution < -0.4 is 5.32 Å². The molecule has 0 bridgehead atoms. The molecule has 2 aliphatic rings. The second kappa shape index (κ2) is 5.44. The minimum Gasteiger partial charge on any atom is -0.313 e. The van der Waals surface area contributed by atoms with Gasteiger partial charge >= 0.3 is 0 Å². The van der Waals surface area contributed by atoms with Crippen molar-refractivity contribution in [2.45, 2.75) is 51.0 Å². The Hall–Kier alpha value is -0.820. The maximum atomic E-state index is 3.58. The Balaban J connectivity index is 1.76. The number of rotatable bonds is 3. The third-order valence-corrected chi connectivity index (χ3v) is 5.07. The highest BCUT2D eigenvalue weighted by atomic mass is 14.9. The maximum absolute atomic E-state index is 3.58. The first kappa shape index (κ1) is 12.2. The molecule has 1 heteroatoms. The minimum absolute atomic E-state index is 0.593. The molecular formula is C17H25N. The van der Waals surface area contributed by atoms with E-state index < -0.39 is 0 Å². The van der Waals surface area contributed by atoms with Crippen LogP contribution in [0.1, 0.15) is 55.7 Å². The molecule has 1 nitrogen and oxygen atoms in total. The summed E-state index contributed by atoms with van der Waals surface area (Å²) in [6, 6.07) is 9.61. The van der Waals surface area contributed by atoms with E-state index in [0.717, 1.165) is 11.8 Å². The predicted molar refractivity (Wildman–Crippen MR) is 76.6 cm³/mol. The summed E-state index contributed by atoms with van der Waals surface area (Å²) in [5.74, 6) is 1.86. The van der Waals surface area contributed by atoms with E-state index in [1.54, 1.807) is 11.1 Å². The normalized spacial score (nSPS) is 28.3. The van der Waals surface area contributed by atoms with Crippen LogP contribution in [0.3, 0.4) is 0 Å². The number of aryl methyl sites for hydroxylation is 1. The van der Waals surface area contributed by atoms with Crippen molar-refractivity contribution in [3.05, 3.63) is 35.4 Å². The average molecular weight is 243 g/mol. The molecule has 2 aliphatic carbocycles. The molecular weight excluding hydrogens is 218 g/mol. The van der Waals surface area contributed by atoms with Gasteiger partial charge in [-0.15, -0.1) is 0 Å². The zero-order valence-corrected chi connectivity index (χ0v) is 11.5. The third kappa shape index (κ3) is 2.33. The Bertz CT molecular complexity index is 392. The van der Waals surface area contributed by atoms with Crippen LogP contribution in [0.5, 0.6) is 0 Å². The topological polar surface area (TPSA) is 12.0 Å². The Labute approximate surface area is 111 Å². The summed E-state index contributed by atoms with van der Waals surface area (Å²) < 4.78 is 0. The lowest BCUT2D eigenvalue weighted by Crippen LogP contribution is -2.31. The van der Waals surface area contributed by atoms with Gasteiger partial charge in [-0.2, -0.15) is 0 Å². The van der Waals surface area contributed by atoms with Gasteiger partial charge in [0.1, 0.15) is 0 Å². The molecule has 0 amide bonds. The highest BCUT2D eigenvalue weighted by Gasteiger charge is 2.30. The highest BCUT2D eigenvalue weighted by molar-refractivity contribution is 5.33. The molecule has 0 radical (unpaired) electrons. The van der Waals surface area contributed by atoms with Gasteiger partial charge in [0.15, 0.2) is 0 Å². The first-order valence-electron chi connectivity index (χ1n) is 7.63. The van der Waals surface area contributed by atoms with Crippen LogP contribution >= 0.6 is 0 Å². The van der Waals surface area contributed by atoms with Crippen molar-refractivity contribution in [2.24, 2.45) is 11.8 Å². The van der Waals surface area contributed by atoms with Gasteiger partial charge in [0.2, 0.25) is 0 Å². The second-order valence-corrected chi connectivity index (χ2v) is 6.15. The monoisotopic (exact) mass is 243 g/mol. The quantitative estimate of drug-likeness (QED) is 0.843. The molecule has 3 rings (SSSR count). The van der Waals surface area contributed by atoms with Crippen LogP contribution in [-0.2, 0) is 6.42 Å². The van der Waals surface area contributed by atoms with Gasteiger partial charge in [0.25, 0.3) is 0 Å². The third-order valence-electron chi connectivity index (χ3n) is 5.07. The summed E-state index contributed by atoms with van der Waals surface area (Å²) in [5.41, 5.74) is 3.13. The second-order valence-electron chi connectivity index (χ2n) is 6.15. The summed E-state index contributed by atoms with van der Waals surface area (Å²) >= 11 is 0. The fraction of sp³-hybridized carbons (Fsp3) is 0.647. The lowest BCUT2D eigenvalue weighted by molar-refractivity contribution is 0.270. The lowest BCUT2D eigenvalue weighted by Gasteiger charge is -2.35. The number of benzene rings is 1. The number of hydrogen-bond acceptors (Lipinski definition) is 1. The molecule has 0 aliphatic heterocycles. The average Bonchev–Trinajstić information content (AvgIpc) is 2.91. The van der Waals surface area contributed by atoms with E-state index in [0.29, 0.717) is 6.04 Å². The van der Waals surface area contributed by atoms with Crippen LogP contribution in [0.15, 0.2) is 24.3 Å². The minimum atomic E-state index is 0.593. The molecule has 0 saturated heterocycles. The summed E-state index contributed by atoms with van der Waals surface area (Å²) in [7, 11) is 2.13. The molecule has 0 aromatic heterocycles. The van der Waals surface area contributed by atoms with Crippen LogP contribution in [0.2, 0.25) is 0 Å². The maximum Gasteiger partial charge on any atom is 0.0349 e. The number of fused-ring (bicyclic) bond motifs is 1. The van der Waals surface area contributed by atoms with E-state index in [9.17, 15) is 0 Å². The van der Waals surface area contributed by atoms with Crippen molar-refractivity contribution in [3.8, 4) is 0 Å². The van der Waals surface area contributed by atoms with Crippen LogP contribution in [0.25, 0.3) is 0 Å². The molecule has 2 unspecified atom stereocenters. The van der Waals surface area contributed by atoms with E-state index in [2.05, 4.69) is 36.6 Å². The van der Waals surface area contributed by atoms with E-state index >= 15 is 0 Å². The summed E-state index contributed by atoms with van der Waals surface area (Å²) in [5, 5.41) is 3.58. The molecule has 18 heavy (non-hydrogen) atoms. The molecule has 1 saturated carbocycles. The Morgan fingerprint density at radius 1 is 1.11 bits per heavy atom. The van der Waals surface area contributed by atoms with E-state index in [4.69, 9.17) is 0 Å². The highest BCUT2D eigenvalue weighted by Crippen LogP contribution is 2.40. The molecule has 1 N–H and O–H groups in total. The number of nitrogens with one attached hydrogen (secondary N) is 1. The SMILES string of the molecule is CNC1c2ccccc2CCC1CC1CCCC1. The van der Waals surface area contributed by atoms with E-state index in [1.807, 2.05) is 0 Å². The summed E-state index contributed by atoms with van der Waals surface area (Å²) in [6.07, 6.45) is 10.0. The van der Waals surface area contributed by atoms with Crippen LogP contribution in [0, 0.1) is 11.8 Å². The number of hydrogen-bond donors (Lipinski definition) is 1. The van der Waals surface area contributed by atoms with Crippen LogP contribution in [0.4, 0.5) is 0 Å². The molecule has 1 aromatic rings. The Kier molecular flexibility index (Phi) is 3.69. The Morgan fingerprint density at radius 3 is 2.67 bits per heavy atom. The van der Waals surface area contributed by atoms with E-state index in [-0.39, 0.29) is 0 Å². The Morgan fingerprint density at radius 2 is 1.89 bits per heavy atom. The standard InChI is InChI=1S/C17H25N/c1-18-17-15(12-13-6-2-3-7-13)11-10-14-8-4-5-9-16(14)17/h4-5,8-9,13,15,17-18H,2-3,6-7,10-12H2,1H3. The summed E-state index contributed by atoms with van der Waals surface area (Å²) in [6.45, 7) is 0. The van der Waals surface area contributed by atoms with Gasteiger partial charge in [-0.3, -0.25) is 0 Å². The van der Waals surface area contributed by atoms with Crippen molar-refractivity contribution in [2.75, 3.05) is 7.05 Å². The van der Waals surface area contributed by atoms with Gasteiger partial charge < -0.3 is 5.32 Å². The zero-order valence-electron chi connectivity index (χ0n) is 11.5. The predicted octanol–water partition coefficient (Wildman–Crippen LogP) is 4.09. The van der Waals surface area contributed by atoms with Gasteiger partial charge in [-0.25, -0.2) is 0 Å². The molecule has 2 atom stereocenters. The molecule has 1 fully saturated rings. The molecule has 0 spiro atoms. The van der Waals surface area contributed by atoms with Gasteiger partial charge in [-0.05, 0) is 49.3 Å². The lowest BCUT2D eigenvalue weighted by atomic mass is 9.75. The van der Waals surface area contributed by atoms with Crippen molar-refractivity contribution < 1.29 is 0 Å². The van der Waals surface area contributed by atoms with Crippen molar-refractivity contribution in [3.63, 3.8) is 0 Å². The largest absolute Gasteiger partial charge is 0.313 e. The first-order valence-corrected chi connectivity index (χ1v) is 7.63. The van der Waals surface area contributed by atoms with Crippen molar-refractivity contribution >= 4 is 0 Å². The van der Waals surface area contributed by atoms with Gasteiger partial charge in [0, 0.05) is 6.04 Å². The smallest absolute Gasteiger partial charge is 0.0349 e. The molecule has 98 valence electrons. The van der Waals surface area contributed by atoms with E-state index in [1.165, 1.54) is 44.9 Å². The van der Waals surface area contributed by atoms with Gasteiger partial charge in [-0.1, -0.05) is 49.9 Å². The van der Waals surface area contributed by atoms with Crippen molar-refractivity contribution in [1.29, 1.82) is 0 Å². The van der Waals surface area contributed by atoms with Crippen LogP contribution in [-0.4, -0.2) is 7.05 Å². The fourth-order valence-electron chi connectivity index (χ4n) is 4.15. The molecule has 1 aromatic carbocycles. The first-order chi connectivity index (χ1) is 8.88. The molecule has 0 heterocycles. The fourth-order valence-corrected chi connectivity index (χ4v) is 4.15.